The van der Waals surface area contributed by atoms with Gasteiger partial charge in [-0.2, -0.15) is 13.2 Å². The molecule has 0 spiro atoms. The second-order valence-electron chi connectivity index (χ2n) is 7.64. The zero-order chi connectivity index (χ0) is 24.6. The smallest absolute Gasteiger partial charge is 0.416 e. The number of benzene rings is 3. The van der Waals surface area contributed by atoms with E-state index in [0.717, 1.165) is 42.3 Å². The molecule has 180 valence electrons. The molecule has 0 fully saturated rings. The lowest BCUT2D eigenvalue weighted by Crippen LogP contribution is -2.11. The van der Waals surface area contributed by atoms with Crippen molar-refractivity contribution >= 4 is 11.7 Å². The van der Waals surface area contributed by atoms with Gasteiger partial charge in [-0.3, -0.25) is 0 Å². The fraction of sp³-hybridized carbons (Fsp3) is 0.269. The summed E-state index contributed by atoms with van der Waals surface area (Å²) >= 11 is 0. The first-order valence-corrected chi connectivity index (χ1v) is 10.9. The zero-order valence-electron chi connectivity index (χ0n) is 18.7. The number of alkyl halides is 3. The van der Waals surface area contributed by atoms with Gasteiger partial charge in [0, 0.05) is 23.4 Å². The molecule has 0 aliphatic rings. The highest BCUT2D eigenvalue weighted by Crippen LogP contribution is 2.38. The summed E-state index contributed by atoms with van der Waals surface area (Å²) in [6.07, 6.45) is -2.72. The molecule has 0 bridgehead atoms. The van der Waals surface area contributed by atoms with E-state index in [1.165, 1.54) is 0 Å². The minimum atomic E-state index is -4.55. The van der Waals surface area contributed by atoms with E-state index >= 15 is 0 Å². The van der Waals surface area contributed by atoms with Gasteiger partial charge in [0.25, 0.3) is 0 Å². The molecule has 0 atom stereocenters. The summed E-state index contributed by atoms with van der Waals surface area (Å²) in [5.74, 6) is -0.545. The molecule has 8 heteroatoms. The largest absolute Gasteiger partial charge is 0.493 e. The number of rotatable bonds is 11. The summed E-state index contributed by atoms with van der Waals surface area (Å²) in [5.41, 5.74) is 1.39. The van der Waals surface area contributed by atoms with Gasteiger partial charge in [0.1, 0.15) is 11.5 Å². The molecule has 0 radical (unpaired) electrons. The summed E-state index contributed by atoms with van der Waals surface area (Å²) in [7, 11) is 0. The quantitative estimate of drug-likeness (QED) is 0.306. The van der Waals surface area contributed by atoms with Crippen LogP contribution in [0.3, 0.4) is 0 Å². The molecule has 2 N–H and O–H groups in total. The molecular formula is C26H26F3NO4. The van der Waals surface area contributed by atoms with Crippen LogP contribution in [0.1, 0.15) is 30.9 Å². The third kappa shape index (κ3) is 6.91. The van der Waals surface area contributed by atoms with E-state index < -0.39 is 24.3 Å². The van der Waals surface area contributed by atoms with E-state index in [-0.39, 0.29) is 11.3 Å². The Hall–Kier alpha value is -3.68. The maximum Gasteiger partial charge on any atom is 0.416 e. The molecule has 0 amide bonds. The molecule has 0 aliphatic heterocycles. The van der Waals surface area contributed by atoms with Crippen LogP contribution >= 0.6 is 0 Å². The Morgan fingerprint density at radius 2 is 1.71 bits per heavy atom. The third-order valence-corrected chi connectivity index (χ3v) is 5.04. The Morgan fingerprint density at radius 3 is 2.38 bits per heavy atom. The lowest BCUT2D eigenvalue weighted by molar-refractivity contribution is -0.140. The molecular weight excluding hydrogens is 447 g/mol. The Bertz CT molecular complexity index is 1100. The van der Waals surface area contributed by atoms with Crippen molar-refractivity contribution in [2.75, 3.05) is 18.5 Å². The van der Waals surface area contributed by atoms with Gasteiger partial charge < -0.3 is 19.9 Å². The number of carboxylic acids is 1. The van der Waals surface area contributed by atoms with Gasteiger partial charge >= 0.3 is 12.1 Å². The molecule has 3 rings (SSSR count). The molecule has 0 saturated heterocycles. The summed E-state index contributed by atoms with van der Waals surface area (Å²) in [6.45, 7) is 2.28. The standard InChI is InChI=1S/C26H26F3NO4/c1-2-3-13-33-23-11-9-18(14-19(23)16-30-21-7-5-4-6-8-21)22-15-20(26(27,28)29)10-12-24(22)34-17-25(31)32/h4-12,14-15,30H,2-3,13,16-17H2,1H3,(H,31,32). The molecule has 0 aliphatic carbocycles. The van der Waals surface area contributed by atoms with Gasteiger partial charge in [0.15, 0.2) is 6.61 Å². The Morgan fingerprint density at radius 1 is 0.971 bits per heavy atom. The molecule has 0 aromatic heterocycles. The number of halogens is 3. The van der Waals surface area contributed by atoms with Crippen LogP contribution in [0.25, 0.3) is 11.1 Å². The monoisotopic (exact) mass is 473 g/mol. The van der Waals surface area contributed by atoms with Crippen LogP contribution in [-0.2, 0) is 17.5 Å². The van der Waals surface area contributed by atoms with E-state index in [1.807, 2.05) is 30.3 Å². The highest BCUT2D eigenvalue weighted by Gasteiger charge is 2.31. The van der Waals surface area contributed by atoms with Crippen LogP contribution in [0.15, 0.2) is 66.7 Å². The number of ether oxygens (including phenoxy) is 2. The molecule has 5 nitrogen and oxygen atoms in total. The van der Waals surface area contributed by atoms with Gasteiger partial charge in [-0.05, 0) is 54.4 Å². The van der Waals surface area contributed by atoms with Gasteiger partial charge in [-0.15, -0.1) is 0 Å². The molecule has 3 aromatic carbocycles. The molecule has 0 heterocycles. The SMILES string of the molecule is CCCCOc1ccc(-c2cc(C(F)(F)F)ccc2OCC(=O)O)cc1CNc1ccccc1. The van der Waals surface area contributed by atoms with Crippen molar-refractivity contribution in [1.29, 1.82) is 0 Å². The average Bonchev–Trinajstić information content (AvgIpc) is 2.82. The molecule has 34 heavy (non-hydrogen) atoms. The predicted octanol–water partition coefficient (Wildman–Crippen LogP) is 6.63. The third-order valence-electron chi connectivity index (χ3n) is 5.04. The number of hydrogen-bond donors (Lipinski definition) is 2. The van der Waals surface area contributed by atoms with Crippen molar-refractivity contribution in [3.63, 3.8) is 0 Å². The number of nitrogens with one attached hydrogen (secondary N) is 1. The van der Waals surface area contributed by atoms with E-state index in [2.05, 4.69) is 12.2 Å². The number of hydrogen-bond acceptors (Lipinski definition) is 4. The summed E-state index contributed by atoms with van der Waals surface area (Å²) < 4.78 is 51.4. The average molecular weight is 473 g/mol. The normalized spacial score (nSPS) is 11.2. The highest BCUT2D eigenvalue weighted by molar-refractivity contribution is 5.74. The first kappa shape index (κ1) is 25.0. The number of aliphatic carboxylic acids is 1. The second kappa shape index (κ2) is 11.4. The number of anilines is 1. The van der Waals surface area contributed by atoms with Crippen LogP contribution < -0.4 is 14.8 Å². The Balaban J connectivity index is 2.00. The first-order chi connectivity index (χ1) is 16.3. The van der Waals surface area contributed by atoms with Gasteiger partial charge in [-0.25, -0.2) is 4.79 Å². The molecule has 0 saturated carbocycles. The number of para-hydroxylation sites is 1. The van der Waals surface area contributed by atoms with Crippen molar-refractivity contribution in [1.82, 2.24) is 0 Å². The fourth-order valence-electron chi connectivity index (χ4n) is 3.30. The minimum Gasteiger partial charge on any atom is -0.493 e. The Labute approximate surface area is 196 Å². The zero-order valence-corrected chi connectivity index (χ0v) is 18.7. The number of carbonyl (C=O) groups is 1. The van der Waals surface area contributed by atoms with Gasteiger partial charge in [-0.1, -0.05) is 37.6 Å². The van der Waals surface area contributed by atoms with Gasteiger partial charge in [0.2, 0.25) is 0 Å². The van der Waals surface area contributed by atoms with Crippen molar-refractivity contribution in [2.24, 2.45) is 0 Å². The van der Waals surface area contributed by atoms with E-state index in [4.69, 9.17) is 14.6 Å². The maximum atomic E-state index is 13.4. The van der Waals surface area contributed by atoms with Crippen LogP contribution in [0, 0.1) is 0 Å². The van der Waals surface area contributed by atoms with Crippen LogP contribution in [0.5, 0.6) is 11.5 Å². The molecule has 0 unspecified atom stereocenters. The second-order valence-corrected chi connectivity index (χ2v) is 7.64. The van der Waals surface area contributed by atoms with E-state index in [0.29, 0.717) is 24.5 Å². The number of unbranched alkanes of at least 4 members (excludes halogenated alkanes) is 1. The van der Waals surface area contributed by atoms with Crippen LogP contribution in [0.2, 0.25) is 0 Å². The van der Waals surface area contributed by atoms with Crippen LogP contribution in [0.4, 0.5) is 18.9 Å². The van der Waals surface area contributed by atoms with Crippen molar-refractivity contribution in [2.45, 2.75) is 32.5 Å². The van der Waals surface area contributed by atoms with Crippen molar-refractivity contribution < 1.29 is 32.5 Å². The van der Waals surface area contributed by atoms with Crippen molar-refractivity contribution in [3.8, 4) is 22.6 Å². The van der Waals surface area contributed by atoms with E-state index in [1.54, 1.807) is 18.2 Å². The van der Waals surface area contributed by atoms with Crippen LogP contribution in [-0.4, -0.2) is 24.3 Å². The molecule has 3 aromatic rings. The lowest BCUT2D eigenvalue weighted by atomic mass is 9.99. The summed E-state index contributed by atoms with van der Waals surface area (Å²) in [4.78, 5) is 11.0. The summed E-state index contributed by atoms with van der Waals surface area (Å²) in [5, 5.41) is 12.2. The fourth-order valence-corrected chi connectivity index (χ4v) is 3.30. The maximum absolute atomic E-state index is 13.4. The Kier molecular flexibility index (Phi) is 8.40. The first-order valence-electron chi connectivity index (χ1n) is 10.9. The predicted molar refractivity (Wildman–Crippen MR) is 124 cm³/mol. The summed E-state index contributed by atoms with van der Waals surface area (Å²) in [6, 6.07) is 17.6. The highest BCUT2D eigenvalue weighted by atomic mass is 19.4. The number of carboxylic acid groups (broad SMARTS) is 1. The topological polar surface area (TPSA) is 67.8 Å². The van der Waals surface area contributed by atoms with Crippen molar-refractivity contribution in [3.05, 3.63) is 77.9 Å². The van der Waals surface area contributed by atoms with E-state index in [9.17, 15) is 18.0 Å². The minimum absolute atomic E-state index is 0.0528. The lowest BCUT2D eigenvalue weighted by Gasteiger charge is -2.17. The van der Waals surface area contributed by atoms with Gasteiger partial charge in [0.05, 0.1) is 12.2 Å².